The van der Waals surface area contributed by atoms with Crippen LogP contribution in [0, 0.1) is 23.2 Å². The van der Waals surface area contributed by atoms with Crippen LogP contribution in [0.1, 0.15) is 57.4 Å². The van der Waals surface area contributed by atoms with Crippen molar-refractivity contribution in [2.75, 3.05) is 0 Å². The normalized spacial score (nSPS) is 24.3. The van der Waals surface area contributed by atoms with Gasteiger partial charge in [0.1, 0.15) is 5.60 Å². The van der Waals surface area contributed by atoms with Crippen molar-refractivity contribution in [1.82, 2.24) is 0 Å². The third-order valence-corrected chi connectivity index (χ3v) is 5.22. The van der Waals surface area contributed by atoms with Crippen molar-refractivity contribution in [2.24, 2.45) is 11.3 Å². The van der Waals surface area contributed by atoms with Gasteiger partial charge in [0, 0.05) is 11.0 Å². The molecule has 2 saturated carbocycles. The molecular formula is C19H24O. The lowest BCUT2D eigenvalue weighted by Crippen LogP contribution is -2.48. The Bertz CT molecular complexity index is 512. The van der Waals surface area contributed by atoms with Crippen molar-refractivity contribution in [3.05, 3.63) is 35.9 Å². The number of hydrogen-bond donors (Lipinski definition) is 1. The standard InChI is InChI=1S/C19H24O/c1-18(13-6-3-7-14-18)19(20,17-10-11-17)15-12-16-8-4-2-5-9-16/h2,4-5,8-9,17,20H,3,6-7,10-11,13-14H2,1H3. The average Bonchev–Trinajstić information content (AvgIpc) is 3.31. The van der Waals surface area contributed by atoms with Gasteiger partial charge in [-0.05, 0) is 43.7 Å². The van der Waals surface area contributed by atoms with E-state index in [9.17, 15) is 5.11 Å². The van der Waals surface area contributed by atoms with Crippen LogP contribution in [0.4, 0.5) is 0 Å². The highest BCUT2D eigenvalue weighted by Gasteiger charge is 2.54. The van der Waals surface area contributed by atoms with Crippen molar-refractivity contribution in [3.63, 3.8) is 0 Å². The molecule has 2 aliphatic carbocycles. The minimum absolute atomic E-state index is 0.0196. The molecule has 2 aliphatic rings. The third kappa shape index (κ3) is 2.50. The fourth-order valence-electron chi connectivity index (χ4n) is 3.65. The maximum absolute atomic E-state index is 11.3. The number of rotatable bonds is 2. The molecule has 1 aromatic rings. The Morgan fingerprint density at radius 1 is 1.10 bits per heavy atom. The molecule has 20 heavy (non-hydrogen) atoms. The maximum Gasteiger partial charge on any atom is 0.133 e. The SMILES string of the molecule is CC1(C(O)(C#Cc2ccccc2)C2CC2)CCCCC1. The van der Waals surface area contributed by atoms with Gasteiger partial charge < -0.3 is 5.11 Å². The first-order valence-electron chi connectivity index (χ1n) is 7.95. The highest BCUT2D eigenvalue weighted by Crippen LogP contribution is 2.54. The zero-order valence-corrected chi connectivity index (χ0v) is 12.4. The molecule has 0 aliphatic heterocycles. The number of benzene rings is 1. The topological polar surface area (TPSA) is 20.2 Å². The minimum Gasteiger partial charge on any atom is -0.377 e. The van der Waals surface area contributed by atoms with E-state index in [1.807, 2.05) is 30.3 Å². The average molecular weight is 268 g/mol. The molecule has 0 bridgehead atoms. The molecule has 2 fully saturated rings. The Hall–Kier alpha value is -1.26. The maximum atomic E-state index is 11.3. The van der Waals surface area contributed by atoms with Gasteiger partial charge >= 0.3 is 0 Å². The van der Waals surface area contributed by atoms with Crippen LogP contribution in [0.5, 0.6) is 0 Å². The van der Waals surface area contributed by atoms with Crippen molar-refractivity contribution >= 4 is 0 Å². The van der Waals surface area contributed by atoms with Crippen molar-refractivity contribution in [2.45, 2.75) is 57.5 Å². The fraction of sp³-hybridized carbons (Fsp3) is 0.579. The molecule has 1 atom stereocenters. The predicted molar refractivity (Wildman–Crippen MR) is 82.2 cm³/mol. The molecular weight excluding hydrogens is 244 g/mol. The van der Waals surface area contributed by atoms with Gasteiger partial charge in [-0.1, -0.05) is 56.2 Å². The quantitative estimate of drug-likeness (QED) is 0.799. The van der Waals surface area contributed by atoms with E-state index in [-0.39, 0.29) is 5.41 Å². The molecule has 0 radical (unpaired) electrons. The lowest BCUT2D eigenvalue weighted by Gasteiger charge is -2.45. The summed E-state index contributed by atoms with van der Waals surface area (Å²) in [7, 11) is 0. The second-order valence-electron chi connectivity index (χ2n) is 6.78. The van der Waals surface area contributed by atoms with Crippen LogP contribution in [0.3, 0.4) is 0 Å². The van der Waals surface area contributed by atoms with Crippen LogP contribution >= 0.6 is 0 Å². The zero-order valence-electron chi connectivity index (χ0n) is 12.4. The van der Waals surface area contributed by atoms with E-state index in [0.717, 1.165) is 31.2 Å². The Morgan fingerprint density at radius 2 is 1.75 bits per heavy atom. The second-order valence-corrected chi connectivity index (χ2v) is 6.78. The van der Waals surface area contributed by atoms with E-state index in [4.69, 9.17) is 0 Å². The van der Waals surface area contributed by atoms with E-state index >= 15 is 0 Å². The summed E-state index contributed by atoms with van der Waals surface area (Å²) in [5.41, 5.74) is 0.197. The molecule has 1 unspecified atom stereocenters. The summed E-state index contributed by atoms with van der Waals surface area (Å²) in [6.45, 7) is 2.25. The van der Waals surface area contributed by atoms with Gasteiger partial charge in [-0.15, -0.1) is 0 Å². The van der Waals surface area contributed by atoms with Crippen LogP contribution in [0.25, 0.3) is 0 Å². The monoisotopic (exact) mass is 268 g/mol. The first-order valence-corrected chi connectivity index (χ1v) is 7.95. The van der Waals surface area contributed by atoms with Crippen molar-refractivity contribution in [1.29, 1.82) is 0 Å². The Labute approximate surface area is 122 Å². The van der Waals surface area contributed by atoms with Gasteiger partial charge in [0.25, 0.3) is 0 Å². The van der Waals surface area contributed by atoms with E-state index in [1.54, 1.807) is 0 Å². The molecule has 106 valence electrons. The summed E-state index contributed by atoms with van der Waals surface area (Å²) in [5.74, 6) is 6.91. The highest BCUT2D eigenvalue weighted by atomic mass is 16.3. The van der Waals surface area contributed by atoms with E-state index in [1.165, 1.54) is 19.3 Å². The fourth-order valence-corrected chi connectivity index (χ4v) is 3.65. The zero-order chi connectivity index (χ0) is 14.1. The highest BCUT2D eigenvalue weighted by molar-refractivity contribution is 5.38. The molecule has 0 aromatic heterocycles. The summed E-state index contributed by atoms with van der Waals surface area (Å²) < 4.78 is 0. The molecule has 0 saturated heterocycles. The lowest BCUT2D eigenvalue weighted by atomic mass is 9.63. The first-order chi connectivity index (χ1) is 9.64. The summed E-state index contributed by atoms with van der Waals surface area (Å²) in [6.07, 6.45) is 8.28. The third-order valence-electron chi connectivity index (χ3n) is 5.22. The Morgan fingerprint density at radius 3 is 2.35 bits per heavy atom. The largest absolute Gasteiger partial charge is 0.377 e. The Kier molecular flexibility index (Phi) is 3.61. The van der Waals surface area contributed by atoms with E-state index in [2.05, 4.69) is 18.8 Å². The molecule has 1 aromatic carbocycles. The van der Waals surface area contributed by atoms with Crippen LogP contribution in [0.15, 0.2) is 30.3 Å². The van der Waals surface area contributed by atoms with Crippen LogP contribution < -0.4 is 0 Å². The summed E-state index contributed by atoms with van der Waals surface area (Å²) >= 11 is 0. The summed E-state index contributed by atoms with van der Waals surface area (Å²) in [4.78, 5) is 0. The van der Waals surface area contributed by atoms with E-state index in [0.29, 0.717) is 5.92 Å². The number of aliphatic hydroxyl groups is 1. The molecule has 1 nitrogen and oxygen atoms in total. The van der Waals surface area contributed by atoms with Crippen molar-refractivity contribution < 1.29 is 5.11 Å². The first kappa shape index (κ1) is 13.7. The van der Waals surface area contributed by atoms with Gasteiger partial charge in [0.2, 0.25) is 0 Å². The Balaban J connectivity index is 1.90. The molecule has 0 amide bonds. The van der Waals surface area contributed by atoms with Gasteiger partial charge in [-0.25, -0.2) is 0 Å². The van der Waals surface area contributed by atoms with E-state index < -0.39 is 5.60 Å². The molecule has 1 heteroatoms. The number of hydrogen-bond acceptors (Lipinski definition) is 1. The second kappa shape index (κ2) is 5.26. The molecule has 1 N–H and O–H groups in total. The minimum atomic E-state index is -0.788. The molecule has 0 heterocycles. The van der Waals surface area contributed by atoms with Crippen LogP contribution in [-0.2, 0) is 0 Å². The van der Waals surface area contributed by atoms with Crippen LogP contribution in [-0.4, -0.2) is 10.7 Å². The molecule has 0 spiro atoms. The van der Waals surface area contributed by atoms with Gasteiger partial charge in [-0.2, -0.15) is 0 Å². The van der Waals surface area contributed by atoms with Crippen LogP contribution in [0.2, 0.25) is 0 Å². The summed E-state index contributed by atoms with van der Waals surface area (Å²) in [6, 6.07) is 10.0. The van der Waals surface area contributed by atoms with Crippen molar-refractivity contribution in [3.8, 4) is 11.8 Å². The molecule has 3 rings (SSSR count). The van der Waals surface area contributed by atoms with Gasteiger partial charge in [0.05, 0.1) is 0 Å². The van der Waals surface area contributed by atoms with Gasteiger partial charge in [0.15, 0.2) is 0 Å². The van der Waals surface area contributed by atoms with Gasteiger partial charge in [-0.3, -0.25) is 0 Å². The predicted octanol–water partition coefficient (Wildman–Crippen LogP) is 4.15. The smallest absolute Gasteiger partial charge is 0.133 e. The lowest BCUT2D eigenvalue weighted by molar-refractivity contribution is -0.0644. The summed E-state index contributed by atoms with van der Waals surface area (Å²) in [5, 5.41) is 11.3.